The van der Waals surface area contributed by atoms with Crippen LogP contribution in [0.5, 0.6) is 0 Å². The topological polar surface area (TPSA) is 0 Å². The summed E-state index contributed by atoms with van der Waals surface area (Å²) in [5, 5.41) is 0. The quantitative estimate of drug-likeness (QED) is 0.667. The molecule has 0 fully saturated rings. The molecule has 0 heterocycles. The fourth-order valence-electron chi connectivity index (χ4n) is 2.26. The van der Waals surface area contributed by atoms with E-state index in [0.717, 1.165) is 16.7 Å². The number of fused-ring (bicyclic) bond motifs is 1. The summed E-state index contributed by atoms with van der Waals surface area (Å²) in [5.41, 5.74) is 2.94. The molecule has 3 rings (SSSR count). The Labute approximate surface area is 94.1 Å². The van der Waals surface area contributed by atoms with Crippen molar-refractivity contribution < 1.29 is 4.39 Å². The molecule has 0 nitrogen and oxygen atoms in total. The highest BCUT2D eigenvalue weighted by molar-refractivity contribution is 5.65. The Kier molecular flexibility index (Phi) is 2.10. The Morgan fingerprint density at radius 1 is 0.875 bits per heavy atom. The van der Waals surface area contributed by atoms with Crippen LogP contribution in [-0.4, -0.2) is 0 Å². The molecule has 0 spiro atoms. The van der Waals surface area contributed by atoms with Gasteiger partial charge in [0.25, 0.3) is 0 Å². The third-order valence-electron chi connectivity index (χ3n) is 3.02. The lowest BCUT2D eigenvalue weighted by Crippen LogP contribution is -1.98. The molecule has 1 unspecified atom stereocenters. The molecule has 1 atom stereocenters. The zero-order chi connectivity index (χ0) is 11.0. The molecule has 2 aromatic rings. The average Bonchev–Trinajstić information content (AvgIpc) is 2.75. The summed E-state index contributed by atoms with van der Waals surface area (Å²) < 4.78 is 13.8. The predicted molar refractivity (Wildman–Crippen MR) is 63.7 cm³/mol. The summed E-state index contributed by atoms with van der Waals surface area (Å²) in [6.45, 7) is 0. The summed E-state index contributed by atoms with van der Waals surface area (Å²) in [4.78, 5) is 0. The van der Waals surface area contributed by atoms with E-state index in [-0.39, 0.29) is 11.7 Å². The third-order valence-corrected chi connectivity index (χ3v) is 3.02. The van der Waals surface area contributed by atoms with E-state index in [2.05, 4.69) is 6.08 Å². The Morgan fingerprint density at radius 2 is 1.69 bits per heavy atom. The summed E-state index contributed by atoms with van der Waals surface area (Å²) >= 11 is 0. The molecular formula is C15H11F. The minimum atomic E-state index is -0.114. The zero-order valence-electron chi connectivity index (χ0n) is 8.73. The maximum absolute atomic E-state index is 13.8. The molecule has 78 valence electrons. The van der Waals surface area contributed by atoms with Crippen LogP contribution in [0.25, 0.3) is 6.08 Å². The molecule has 0 aliphatic heterocycles. The van der Waals surface area contributed by atoms with Gasteiger partial charge in [-0.2, -0.15) is 0 Å². The van der Waals surface area contributed by atoms with Gasteiger partial charge in [-0.3, -0.25) is 0 Å². The Bertz CT molecular complexity index is 541. The van der Waals surface area contributed by atoms with Gasteiger partial charge in [-0.05, 0) is 17.2 Å². The third kappa shape index (κ3) is 1.36. The number of halogens is 1. The molecule has 0 amide bonds. The van der Waals surface area contributed by atoms with E-state index in [1.54, 1.807) is 6.07 Å². The first kappa shape index (κ1) is 9.34. The van der Waals surface area contributed by atoms with Gasteiger partial charge in [-0.1, -0.05) is 54.6 Å². The van der Waals surface area contributed by atoms with E-state index in [0.29, 0.717) is 0 Å². The van der Waals surface area contributed by atoms with Gasteiger partial charge in [0, 0.05) is 11.5 Å². The summed E-state index contributed by atoms with van der Waals surface area (Å²) in [5.74, 6) is -0.0475. The maximum atomic E-state index is 13.8. The molecule has 16 heavy (non-hydrogen) atoms. The molecule has 0 aromatic heterocycles. The normalized spacial score (nSPS) is 17.4. The maximum Gasteiger partial charge on any atom is 0.127 e. The predicted octanol–water partition coefficient (Wildman–Crippen LogP) is 3.98. The molecule has 0 bridgehead atoms. The highest BCUT2D eigenvalue weighted by Crippen LogP contribution is 2.36. The lowest BCUT2D eigenvalue weighted by atomic mass is 9.93. The molecule has 1 aliphatic carbocycles. The molecule has 1 aliphatic rings. The molecule has 0 radical (unpaired) electrons. The van der Waals surface area contributed by atoms with Crippen LogP contribution in [0.1, 0.15) is 22.6 Å². The fraction of sp³-hybridized carbons (Fsp3) is 0.0667. The monoisotopic (exact) mass is 210 g/mol. The van der Waals surface area contributed by atoms with Crippen molar-refractivity contribution in [2.45, 2.75) is 5.92 Å². The molecular weight excluding hydrogens is 199 g/mol. The standard InChI is InChI=1S/C15H11F/c16-14-8-4-7-12-9-10-13(15(12)14)11-5-2-1-3-6-11/h1-10,13H. The zero-order valence-corrected chi connectivity index (χ0v) is 8.73. The SMILES string of the molecule is Fc1cccc2c1C(c1ccccc1)C=C2. The van der Waals surface area contributed by atoms with Gasteiger partial charge in [0.1, 0.15) is 5.82 Å². The van der Waals surface area contributed by atoms with E-state index in [4.69, 9.17) is 0 Å². The average molecular weight is 210 g/mol. The summed E-state index contributed by atoms with van der Waals surface area (Å²) in [6.07, 6.45) is 4.05. The van der Waals surface area contributed by atoms with Crippen molar-refractivity contribution in [2.24, 2.45) is 0 Å². The van der Waals surface area contributed by atoms with Crippen LogP contribution < -0.4 is 0 Å². The second-order valence-electron chi connectivity index (χ2n) is 3.99. The van der Waals surface area contributed by atoms with Crippen LogP contribution in [0.2, 0.25) is 0 Å². The number of benzene rings is 2. The first-order valence-electron chi connectivity index (χ1n) is 5.38. The minimum Gasteiger partial charge on any atom is -0.207 e. The van der Waals surface area contributed by atoms with E-state index in [1.807, 2.05) is 42.5 Å². The van der Waals surface area contributed by atoms with Crippen molar-refractivity contribution in [1.82, 2.24) is 0 Å². The van der Waals surface area contributed by atoms with Crippen molar-refractivity contribution in [3.8, 4) is 0 Å². The van der Waals surface area contributed by atoms with Crippen LogP contribution in [0.4, 0.5) is 4.39 Å². The lowest BCUT2D eigenvalue weighted by Gasteiger charge is -2.12. The fourth-order valence-corrected chi connectivity index (χ4v) is 2.26. The molecule has 1 heteroatoms. The number of hydrogen-bond acceptors (Lipinski definition) is 0. The van der Waals surface area contributed by atoms with E-state index in [9.17, 15) is 4.39 Å². The van der Waals surface area contributed by atoms with Gasteiger partial charge in [-0.15, -0.1) is 0 Å². The molecule has 0 N–H and O–H groups in total. The summed E-state index contributed by atoms with van der Waals surface area (Å²) in [6, 6.07) is 15.3. The highest BCUT2D eigenvalue weighted by atomic mass is 19.1. The highest BCUT2D eigenvalue weighted by Gasteiger charge is 2.21. The van der Waals surface area contributed by atoms with Crippen molar-refractivity contribution in [1.29, 1.82) is 0 Å². The molecule has 0 saturated carbocycles. The van der Waals surface area contributed by atoms with Gasteiger partial charge >= 0.3 is 0 Å². The Hall–Kier alpha value is -1.89. The second-order valence-corrected chi connectivity index (χ2v) is 3.99. The van der Waals surface area contributed by atoms with Crippen LogP contribution in [-0.2, 0) is 0 Å². The van der Waals surface area contributed by atoms with Crippen molar-refractivity contribution in [3.63, 3.8) is 0 Å². The van der Waals surface area contributed by atoms with Gasteiger partial charge in [-0.25, -0.2) is 4.39 Å². The first-order valence-corrected chi connectivity index (χ1v) is 5.38. The van der Waals surface area contributed by atoms with Crippen LogP contribution in [0, 0.1) is 5.82 Å². The minimum absolute atomic E-state index is 0.0670. The smallest absolute Gasteiger partial charge is 0.127 e. The Morgan fingerprint density at radius 3 is 2.50 bits per heavy atom. The van der Waals surface area contributed by atoms with Crippen molar-refractivity contribution in [2.75, 3.05) is 0 Å². The van der Waals surface area contributed by atoms with Gasteiger partial charge in [0.15, 0.2) is 0 Å². The summed E-state index contributed by atoms with van der Waals surface area (Å²) in [7, 11) is 0. The van der Waals surface area contributed by atoms with Crippen LogP contribution in [0.3, 0.4) is 0 Å². The van der Waals surface area contributed by atoms with E-state index < -0.39 is 0 Å². The Balaban J connectivity index is 2.13. The number of allylic oxidation sites excluding steroid dienone is 1. The van der Waals surface area contributed by atoms with Gasteiger partial charge < -0.3 is 0 Å². The number of hydrogen-bond donors (Lipinski definition) is 0. The van der Waals surface area contributed by atoms with E-state index >= 15 is 0 Å². The van der Waals surface area contributed by atoms with Crippen LogP contribution in [0.15, 0.2) is 54.6 Å². The van der Waals surface area contributed by atoms with Crippen molar-refractivity contribution in [3.05, 3.63) is 77.1 Å². The van der Waals surface area contributed by atoms with Gasteiger partial charge in [0.2, 0.25) is 0 Å². The molecule has 0 saturated heterocycles. The van der Waals surface area contributed by atoms with Crippen molar-refractivity contribution >= 4 is 6.08 Å². The second kappa shape index (κ2) is 3.60. The molecule has 2 aromatic carbocycles. The lowest BCUT2D eigenvalue weighted by molar-refractivity contribution is 0.609. The first-order chi connectivity index (χ1) is 7.86. The van der Waals surface area contributed by atoms with E-state index in [1.165, 1.54) is 6.07 Å². The number of rotatable bonds is 1. The van der Waals surface area contributed by atoms with Crippen LogP contribution >= 0.6 is 0 Å². The largest absolute Gasteiger partial charge is 0.207 e. The van der Waals surface area contributed by atoms with Gasteiger partial charge in [0.05, 0.1) is 0 Å².